The molecule has 2 heterocycles. The number of fused-ring (bicyclic) bond motifs is 1. The van der Waals surface area contributed by atoms with Gasteiger partial charge in [0, 0.05) is 5.39 Å². The maximum absolute atomic E-state index is 8.47. The fourth-order valence-corrected chi connectivity index (χ4v) is 1.46. The van der Waals surface area contributed by atoms with Crippen molar-refractivity contribution in [3.8, 4) is 17.8 Å². The normalized spacial score (nSPS) is 10.0. The number of rotatable bonds is 0. The molecule has 104 valence electrons. The first-order chi connectivity index (χ1) is 9.49. The molecule has 2 aromatic heterocycles. The van der Waals surface area contributed by atoms with Crippen LogP contribution in [0, 0.1) is 0 Å². The van der Waals surface area contributed by atoms with Crippen molar-refractivity contribution >= 4 is 16.7 Å². The summed E-state index contributed by atoms with van der Waals surface area (Å²) in [6.45, 7) is 0. The highest BCUT2D eigenvalue weighted by Crippen LogP contribution is 2.26. The molecule has 1 aromatic carbocycles. The van der Waals surface area contributed by atoms with Gasteiger partial charge in [-0.25, -0.2) is 4.98 Å². The smallest absolute Gasteiger partial charge is 0.334 e. The van der Waals surface area contributed by atoms with E-state index in [2.05, 4.69) is 9.97 Å². The Labute approximate surface area is 113 Å². The van der Waals surface area contributed by atoms with E-state index in [0.29, 0.717) is 5.82 Å². The van der Waals surface area contributed by atoms with Crippen LogP contribution in [-0.2, 0) is 0 Å². The van der Waals surface area contributed by atoms with Gasteiger partial charge in [0.05, 0.1) is 5.52 Å². The Morgan fingerprint density at radius 3 is 2.20 bits per heavy atom. The lowest BCUT2D eigenvalue weighted by Gasteiger charge is -1.95. The molecule has 0 radical (unpaired) electrons. The van der Waals surface area contributed by atoms with E-state index in [9.17, 15) is 0 Å². The zero-order valence-corrected chi connectivity index (χ0v) is 10.2. The third-order valence-corrected chi connectivity index (χ3v) is 2.42. The fourth-order valence-electron chi connectivity index (χ4n) is 1.46. The van der Waals surface area contributed by atoms with Gasteiger partial charge in [-0.2, -0.15) is 4.98 Å². The number of nitrogens with two attached hydrogens (primary N) is 1. The largest absolute Gasteiger partial charge is 0.489 e. The molecule has 8 nitrogen and oxygen atoms in total. The van der Waals surface area contributed by atoms with Gasteiger partial charge in [-0.1, -0.05) is 22.9 Å². The van der Waals surface area contributed by atoms with Crippen LogP contribution < -0.4 is 5.73 Å². The summed E-state index contributed by atoms with van der Waals surface area (Å²) in [7, 11) is 0. The van der Waals surface area contributed by atoms with Crippen molar-refractivity contribution in [2.24, 2.45) is 0 Å². The van der Waals surface area contributed by atoms with Gasteiger partial charge < -0.3 is 26.3 Å². The summed E-state index contributed by atoms with van der Waals surface area (Å²) in [5, 5.41) is 34.8. The van der Waals surface area contributed by atoms with Crippen molar-refractivity contribution in [1.29, 1.82) is 0 Å². The van der Waals surface area contributed by atoms with Crippen LogP contribution >= 0.6 is 0 Å². The van der Waals surface area contributed by atoms with E-state index in [4.69, 9.17) is 26.3 Å². The number of benzene rings is 1. The predicted molar refractivity (Wildman–Crippen MR) is 70.6 cm³/mol. The lowest BCUT2D eigenvalue weighted by Crippen LogP contribution is -1.88. The summed E-state index contributed by atoms with van der Waals surface area (Å²) in [5.74, 6) is -1.12. The van der Waals surface area contributed by atoms with Gasteiger partial charge in [-0.05, 0) is 18.2 Å². The number of imidazole rings is 1. The number of para-hydroxylation sites is 1. The second-order valence-corrected chi connectivity index (χ2v) is 3.80. The summed E-state index contributed by atoms with van der Waals surface area (Å²) < 4.78 is -0.0463. The van der Waals surface area contributed by atoms with Crippen molar-refractivity contribution in [3.05, 3.63) is 36.4 Å². The predicted octanol–water partition coefficient (Wildman–Crippen LogP) is 1.05. The monoisotopic (exact) mass is 276 g/mol. The highest BCUT2D eigenvalue weighted by atomic mass is 16.5. The van der Waals surface area contributed by atoms with E-state index < -0.39 is 17.8 Å². The summed E-state index contributed by atoms with van der Waals surface area (Å²) in [6, 6.07) is 10.8. The molecule has 0 aliphatic carbocycles. The van der Waals surface area contributed by atoms with Crippen LogP contribution in [0.5, 0.6) is 17.8 Å². The van der Waals surface area contributed by atoms with E-state index >= 15 is 0 Å². The Morgan fingerprint density at radius 2 is 1.65 bits per heavy atom. The van der Waals surface area contributed by atoms with Crippen LogP contribution in [0.25, 0.3) is 10.9 Å². The minimum Gasteiger partial charge on any atom is -0.489 e. The van der Waals surface area contributed by atoms with Gasteiger partial charge in [0.1, 0.15) is 5.82 Å². The fraction of sp³-hybridized carbons (Fsp3) is 0. The Bertz CT molecular complexity index is 719. The molecule has 0 atom stereocenters. The Hall–Kier alpha value is -3.16. The first-order valence-electron chi connectivity index (χ1n) is 5.49. The van der Waals surface area contributed by atoms with Crippen LogP contribution in [0.4, 0.5) is 5.82 Å². The van der Waals surface area contributed by atoms with E-state index in [0.717, 1.165) is 10.9 Å². The summed E-state index contributed by atoms with van der Waals surface area (Å²) >= 11 is 0. The number of nitrogens with zero attached hydrogens (tertiary/aromatic N) is 3. The van der Waals surface area contributed by atoms with E-state index in [1.54, 1.807) is 0 Å². The van der Waals surface area contributed by atoms with Gasteiger partial charge in [0.15, 0.2) is 0 Å². The summed E-state index contributed by atoms with van der Waals surface area (Å²) in [6.07, 6.45) is 0. The lowest BCUT2D eigenvalue weighted by molar-refractivity contribution is 0.126. The molecule has 0 bridgehead atoms. The molecule has 0 saturated heterocycles. The molecule has 3 rings (SSSR count). The maximum Gasteiger partial charge on any atom is 0.334 e. The second-order valence-electron chi connectivity index (χ2n) is 3.80. The van der Waals surface area contributed by atoms with E-state index in [-0.39, 0.29) is 4.73 Å². The van der Waals surface area contributed by atoms with Crippen LogP contribution in [0.1, 0.15) is 0 Å². The lowest BCUT2D eigenvalue weighted by atomic mass is 10.2. The van der Waals surface area contributed by atoms with Gasteiger partial charge in [0.25, 0.3) is 11.8 Å². The SMILES string of the molecule is Nc1ccc2ccccc2n1.Oc1nc(O)n(O)c1O. The molecule has 0 fully saturated rings. The zero-order valence-electron chi connectivity index (χ0n) is 10.2. The summed E-state index contributed by atoms with van der Waals surface area (Å²) in [5.41, 5.74) is 6.46. The number of anilines is 1. The minimum absolute atomic E-state index is 0.0463. The van der Waals surface area contributed by atoms with E-state index in [1.807, 2.05) is 36.4 Å². The highest BCUT2D eigenvalue weighted by Gasteiger charge is 2.12. The molecule has 8 heteroatoms. The van der Waals surface area contributed by atoms with Gasteiger partial charge in [-0.3, -0.25) is 0 Å². The second kappa shape index (κ2) is 5.22. The van der Waals surface area contributed by atoms with Crippen LogP contribution in [-0.4, -0.2) is 35.2 Å². The van der Waals surface area contributed by atoms with Gasteiger partial charge in [-0.15, -0.1) is 0 Å². The third-order valence-electron chi connectivity index (χ3n) is 2.42. The Morgan fingerprint density at radius 1 is 0.950 bits per heavy atom. The van der Waals surface area contributed by atoms with Crippen LogP contribution in [0.15, 0.2) is 36.4 Å². The maximum atomic E-state index is 8.47. The molecule has 20 heavy (non-hydrogen) atoms. The number of hydrogen-bond acceptors (Lipinski definition) is 7. The van der Waals surface area contributed by atoms with Crippen molar-refractivity contribution in [2.75, 3.05) is 5.73 Å². The number of nitrogen functional groups attached to an aromatic ring is 1. The molecule has 6 N–H and O–H groups in total. The van der Waals surface area contributed by atoms with Crippen LogP contribution in [0.2, 0.25) is 0 Å². The number of aromatic hydroxyl groups is 3. The van der Waals surface area contributed by atoms with Crippen molar-refractivity contribution in [1.82, 2.24) is 14.7 Å². The molecular weight excluding hydrogens is 264 g/mol. The quantitative estimate of drug-likeness (QED) is 0.387. The first kappa shape index (κ1) is 13.3. The Balaban J connectivity index is 0.000000151. The molecule has 3 aromatic rings. The zero-order chi connectivity index (χ0) is 14.7. The minimum atomic E-state index is -0.882. The van der Waals surface area contributed by atoms with Crippen molar-refractivity contribution in [2.45, 2.75) is 0 Å². The van der Waals surface area contributed by atoms with Crippen molar-refractivity contribution in [3.63, 3.8) is 0 Å². The van der Waals surface area contributed by atoms with Gasteiger partial charge >= 0.3 is 6.01 Å². The van der Waals surface area contributed by atoms with Crippen LogP contribution in [0.3, 0.4) is 0 Å². The first-order valence-corrected chi connectivity index (χ1v) is 5.49. The standard InChI is InChI=1S/C9H8N2.C3H4N2O4/c10-9-6-5-7-3-1-2-4-8(7)11-9;6-1-2(7)5(9)3(8)4-1/h1-6H,(H2,10,11);6-7,9H,(H,4,8). The molecule has 0 spiro atoms. The average Bonchev–Trinajstić information content (AvgIpc) is 2.66. The number of aromatic nitrogens is 3. The molecule has 0 amide bonds. The molecular formula is C12H12N4O4. The molecule has 0 saturated carbocycles. The topological polar surface area (TPSA) is 138 Å². The molecule has 0 unspecified atom stereocenters. The third kappa shape index (κ3) is 2.64. The number of pyridine rings is 1. The number of hydrogen-bond donors (Lipinski definition) is 5. The molecule has 0 aliphatic heterocycles. The van der Waals surface area contributed by atoms with E-state index in [1.165, 1.54) is 0 Å². The summed E-state index contributed by atoms with van der Waals surface area (Å²) in [4.78, 5) is 7.04. The Kier molecular flexibility index (Phi) is 3.47. The molecule has 0 aliphatic rings. The van der Waals surface area contributed by atoms with Gasteiger partial charge in [0.2, 0.25) is 0 Å². The average molecular weight is 276 g/mol. The van der Waals surface area contributed by atoms with Crippen molar-refractivity contribution < 1.29 is 20.5 Å². The highest BCUT2D eigenvalue weighted by molar-refractivity contribution is 5.79.